The Bertz CT molecular complexity index is 502. The highest BCUT2D eigenvalue weighted by Crippen LogP contribution is 2.45. The highest BCUT2D eigenvalue weighted by Gasteiger charge is 2.30. The van der Waals surface area contributed by atoms with Crippen LogP contribution >= 0.6 is 11.6 Å². The molecule has 0 radical (unpaired) electrons. The van der Waals surface area contributed by atoms with Crippen molar-refractivity contribution in [1.82, 2.24) is 9.97 Å². The third kappa shape index (κ3) is 1.12. The summed E-state index contributed by atoms with van der Waals surface area (Å²) in [5.74, 6) is 1.55. The van der Waals surface area contributed by atoms with Crippen LogP contribution < -0.4 is 0 Å². The van der Waals surface area contributed by atoms with Gasteiger partial charge in [-0.15, -0.1) is 0 Å². The van der Waals surface area contributed by atoms with Gasteiger partial charge in [-0.2, -0.15) is 0 Å². The van der Waals surface area contributed by atoms with Crippen molar-refractivity contribution in [2.75, 3.05) is 0 Å². The summed E-state index contributed by atoms with van der Waals surface area (Å²) < 4.78 is 5.52. The Hall–Kier alpha value is -1.09. The molecule has 0 atom stereocenters. The summed E-state index contributed by atoms with van der Waals surface area (Å²) >= 11 is 5.81. The fraction of sp³-hybridized carbons (Fsp3) is 0.400. The fourth-order valence-electron chi connectivity index (χ4n) is 1.83. The van der Waals surface area contributed by atoms with Crippen molar-refractivity contribution in [3.63, 3.8) is 0 Å². The summed E-state index contributed by atoms with van der Waals surface area (Å²) in [6.07, 6.45) is 3.97. The molecule has 0 aromatic carbocycles. The van der Waals surface area contributed by atoms with Crippen molar-refractivity contribution in [2.45, 2.75) is 25.7 Å². The van der Waals surface area contributed by atoms with E-state index in [4.69, 9.17) is 16.0 Å². The third-order valence-electron chi connectivity index (χ3n) is 2.58. The van der Waals surface area contributed by atoms with E-state index in [1.54, 1.807) is 0 Å². The van der Waals surface area contributed by atoms with Crippen LogP contribution in [0.25, 0.3) is 11.2 Å². The number of halogens is 1. The Kier molecular flexibility index (Phi) is 1.59. The monoisotopic (exact) mass is 208 g/mol. The first-order valence-corrected chi connectivity index (χ1v) is 5.05. The molecule has 3 nitrogen and oxygen atoms in total. The van der Waals surface area contributed by atoms with Crippen molar-refractivity contribution in [1.29, 1.82) is 0 Å². The summed E-state index contributed by atoms with van der Waals surface area (Å²) in [7, 11) is 0. The third-order valence-corrected chi connectivity index (χ3v) is 2.76. The summed E-state index contributed by atoms with van der Waals surface area (Å²) in [4.78, 5) is 8.38. The zero-order chi connectivity index (χ0) is 9.71. The summed E-state index contributed by atoms with van der Waals surface area (Å²) in [5.41, 5.74) is 2.65. The smallest absolute Gasteiger partial charge is 0.245 e. The number of aromatic nitrogens is 2. The molecule has 72 valence electrons. The van der Waals surface area contributed by atoms with E-state index in [1.165, 1.54) is 24.6 Å². The van der Waals surface area contributed by atoms with Crippen LogP contribution in [-0.2, 0) is 0 Å². The Morgan fingerprint density at radius 1 is 1.50 bits per heavy atom. The summed E-state index contributed by atoms with van der Waals surface area (Å²) in [6, 6.07) is 0. The molecule has 14 heavy (non-hydrogen) atoms. The van der Waals surface area contributed by atoms with Crippen molar-refractivity contribution in [3.05, 3.63) is 22.7 Å². The summed E-state index contributed by atoms with van der Waals surface area (Å²) in [5, 5.41) is 0.431. The zero-order valence-electron chi connectivity index (χ0n) is 7.75. The second-order valence-corrected chi connectivity index (χ2v) is 4.08. The minimum atomic E-state index is 0.431. The normalized spacial score (nSPS) is 16.4. The predicted octanol–water partition coefficient (Wildman–Crippen LogP) is 3.06. The predicted molar refractivity (Wildman–Crippen MR) is 53.5 cm³/mol. The quantitative estimate of drug-likeness (QED) is 0.723. The van der Waals surface area contributed by atoms with Crippen LogP contribution in [0.3, 0.4) is 0 Å². The second kappa shape index (κ2) is 2.70. The molecule has 0 bridgehead atoms. The number of hydrogen-bond donors (Lipinski definition) is 0. The van der Waals surface area contributed by atoms with Crippen LogP contribution in [0.2, 0.25) is 5.15 Å². The average Bonchev–Trinajstić information content (AvgIpc) is 2.90. The molecule has 2 heterocycles. The van der Waals surface area contributed by atoms with Gasteiger partial charge in [-0.05, 0) is 25.7 Å². The molecule has 2 aromatic rings. The number of nitrogens with zero attached hydrogens (tertiary/aromatic N) is 2. The fourth-order valence-corrected chi connectivity index (χ4v) is 1.96. The lowest BCUT2D eigenvalue weighted by atomic mass is 10.1. The highest BCUT2D eigenvalue weighted by molar-refractivity contribution is 6.29. The lowest BCUT2D eigenvalue weighted by Gasteiger charge is -1.93. The van der Waals surface area contributed by atoms with E-state index >= 15 is 0 Å². The zero-order valence-corrected chi connectivity index (χ0v) is 8.51. The molecule has 3 rings (SSSR count). The minimum absolute atomic E-state index is 0.431. The van der Waals surface area contributed by atoms with E-state index in [9.17, 15) is 0 Å². The van der Waals surface area contributed by atoms with E-state index < -0.39 is 0 Å². The lowest BCUT2D eigenvalue weighted by Crippen LogP contribution is -1.84. The lowest BCUT2D eigenvalue weighted by molar-refractivity contribution is 0.561. The van der Waals surface area contributed by atoms with Gasteiger partial charge in [0.15, 0.2) is 0 Å². The number of rotatable bonds is 1. The van der Waals surface area contributed by atoms with Gasteiger partial charge in [0.2, 0.25) is 5.71 Å². The highest BCUT2D eigenvalue weighted by atomic mass is 35.5. The van der Waals surface area contributed by atoms with E-state index in [2.05, 4.69) is 9.97 Å². The van der Waals surface area contributed by atoms with Gasteiger partial charge in [-0.3, -0.25) is 0 Å². The van der Waals surface area contributed by atoms with Gasteiger partial charge in [0.1, 0.15) is 16.4 Å². The van der Waals surface area contributed by atoms with E-state index in [-0.39, 0.29) is 0 Å². The van der Waals surface area contributed by atoms with Crippen molar-refractivity contribution in [3.8, 4) is 0 Å². The van der Waals surface area contributed by atoms with Crippen LogP contribution in [0.4, 0.5) is 0 Å². The van der Waals surface area contributed by atoms with Gasteiger partial charge in [-0.1, -0.05) is 11.6 Å². The molecule has 0 N–H and O–H groups in total. The molecule has 1 aliphatic rings. The number of hydrogen-bond acceptors (Lipinski definition) is 3. The molecule has 0 aliphatic heterocycles. The Morgan fingerprint density at radius 2 is 2.29 bits per heavy atom. The Morgan fingerprint density at radius 3 is 3.00 bits per heavy atom. The van der Waals surface area contributed by atoms with Crippen LogP contribution in [0.15, 0.2) is 10.6 Å². The standard InChI is InChI=1S/C10H9ClN2O/c1-5-8(6-2-3-6)9-10(14-5)12-4-7(11)13-9/h4,6H,2-3H2,1H3. The maximum Gasteiger partial charge on any atom is 0.245 e. The maximum absolute atomic E-state index is 5.81. The molecule has 1 fully saturated rings. The molecule has 0 spiro atoms. The molecule has 1 saturated carbocycles. The van der Waals surface area contributed by atoms with Crippen LogP contribution in [0.5, 0.6) is 0 Å². The van der Waals surface area contributed by atoms with Crippen molar-refractivity contribution in [2.24, 2.45) is 0 Å². The van der Waals surface area contributed by atoms with Gasteiger partial charge < -0.3 is 4.42 Å². The molecular weight excluding hydrogens is 200 g/mol. The first-order chi connectivity index (χ1) is 6.75. The molecule has 2 aromatic heterocycles. The first kappa shape index (κ1) is 8.24. The Labute approximate surface area is 86.1 Å². The number of aryl methyl sites for hydroxylation is 1. The topological polar surface area (TPSA) is 38.9 Å². The molecule has 4 heteroatoms. The van der Waals surface area contributed by atoms with E-state index in [1.807, 2.05) is 6.92 Å². The van der Waals surface area contributed by atoms with Gasteiger partial charge in [-0.25, -0.2) is 9.97 Å². The van der Waals surface area contributed by atoms with Crippen molar-refractivity contribution >= 4 is 22.8 Å². The van der Waals surface area contributed by atoms with Crippen LogP contribution in [0.1, 0.15) is 30.1 Å². The number of furan rings is 1. The number of fused-ring (bicyclic) bond motifs is 1. The molecule has 0 amide bonds. The second-order valence-electron chi connectivity index (χ2n) is 3.69. The van der Waals surface area contributed by atoms with Crippen LogP contribution in [0, 0.1) is 6.92 Å². The van der Waals surface area contributed by atoms with E-state index in [0.29, 0.717) is 16.8 Å². The molecule has 0 unspecified atom stereocenters. The maximum atomic E-state index is 5.81. The molecular formula is C10H9ClN2O. The van der Waals surface area contributed by atoms with Crippen LogP contribution in [-0.4, -0.2) is 9.97 Å². The van der Waals surface area contributed by atoms with Gasteiger partial charge in [0, 0.05) is 5.56 Å². The van der Waals surface area contributed by atoms with E-state index in [0.717, 1.165) is 11.3 Å². The minimum Gasteiger partial charge on any atom is -0.441 e. The summed E-state index contributed by atoms with van der Waals surface area (Å²) in [6.45, 7) is 1.96. The molecule has 1 aliphatic carbocycles. The van der Waals surface area contributed by atoms with Gasteiger partial charge in [0.25, 0.3) is 0 Å². The molecule has 0 saturated heterocycles. The SMILES string of the molecule is Cc1oc2ncc(Cl)nc2c1C1CC1. The van der Waals surface area contributed by atoms with Gasteiger partial charge in [0.05, 0.1) is 6.20 Å². The Balaban J connectivity index is 2.34. The first-order valence-electron chi connectivity index (χ1n) is 4.67. The van der Waals surface area contributed by atoms with Gasteiger partial charge >= 0.3 is 0 Å². The largest absolute Gasteiger partial charge is 0.441 e. The average molecular weight is 209 g/mol. The van der Waals surface area contributed by atoms with Crippen molar-refractivity contribution < 1.29 is 4.42 Å².